The molecule has 0 aliphatic heterocycles. The Morgan fingerprint density at radius 2 is 1.96 bits per heavy atom. The third-order valence-electron chi connectivity index (χ3n) is 2.79. The number of halogens is 4. The minimum Gasteiger partial charge on any atom is -0.405 e. The first-order valence-corrected chi connectivity index (χ1v) is 6.60. The Labute approximate surface area is 139 Å². The lowest BCUT2D eigenvalue weighted by molar-refractivity contribution is -0.275. The van der Waals surface area contributed by atoms with Crippen molar-refractivity contribution in [2.24, 2.45) is 0 Å². The van der Waals surface area contributed by atoms with Gasteiger partial charge in [0.25, 0.3) is 0 Å². The van der Waals surface area contributed by atoms with Gasteiger partial charge in [-0.15, -0.1) is 25.6 Å². The number of nitrogens with one attached hydrogen (secondary N) is 1. The van der Waals surface area contributed by atoms with Gasteiger partial charge in [0.05, 0.1) is 13.2 Å². The molecule has 23 heavy (non-hydrogen) atoms. The third kappa shape index (κ3) is 8.63. The molecule has 0 spiro atoms. The molecule has 0 saturated heterocycles. The lowest BCUT2D eigenvalue weighted by Crippen LogP contribution is -2.36. The fraction of sp³-hybridized carbons (Fsp3) is 0.500. The van der Waals surface area contributed by atoms with Crippen LogP contribution in [0.4, 0.5) is 13.2 Å². The topological polar surface area (TPSA) is 50.8 Å². The van der Waals surface area contributed by atoms with E-state index in [9.17, 15) is 18.0 Å². The van der Waals surface area contributed by atoms with Gasteiger partial charge in [0.1, 0.15) is 5.75 Å². The number of benzene rings is 1. The second kappa shape index (κ2) is 10.3. The number of likely N-dealkylation sites (N-methyl/N-ethyl adjacent to an activating group) is 1. The van der Waals surface area contributed by atoms with E-state index in [0.717, 1.165) is 0 Å². The van der Waals surface area contributed by atoms with Gasteiger partial charge >= 0.3 is 6.36 Å². The van der Waals surface area contributed by atoms with E-state index in [2.05, 4.69) is 10.1 Å². The predicted octanol–water partition coefficient (Wildman–Crippen LogP) is 2.20. The van der Waals surface area contributed by atoms with E-state index in [0.29, 0.717) is 13.2 Å². The van der Waals surface area contributed by atoms with Gasteiger partial charge in [-0.2, -0.15) is 0 Å². The van der Waals surface area contributed by atoms with Crippen LogP contribution in [0, 0.1) is 0 Å². The van der Waals surface area contributed by atoms with Crippen LogP contribution in [0.1, 0.15) is 5.56 Å². The van der Waals surface area contributed by atoms with Gasteiger partial charge in [-0.1, -0.05) is 18.2 Å². The molecule has 1 rings (SSSR count). The molecular formula is C14H20ClF3N2O3. The van der Waals surface area contributed by atoms with E-state index in [1.54, 1.807) is 13.2 Å². The number of ether oxygens (including phenoxy) is 2. The van der Waals surface area contributed by atoms with Gasteiger partial charge in [-0.3, -0.25) is 4.79 Å². The first kappa shape index (κ1) is 21.5. The van der Waals surface area contributed by atoms with Gasteiger partial charge in [0.2, 0.25) is 5.91 Å². The quantitative estimate of drug-likeness (QED) is 0.726. The number of carbonyl (C=O) groups excluding carboxylic acids is 1. The van der Waals surface area contributed by atoms with Gasteiger partial charge in [0.15, 0.2) is 0 Å². The first-order chi connectivity index (χ1) is 10.3. The molecule has 1 N–H and O–H groups in total. The first-order valence-electron chi connectivity index (χ1n) is 6.60. The van der Waals surface area contributed by atoms with Crippen molar-refractivity contribution in [3.63, 3.8) is 0 Å². The molecule has 0 unspecified atom stereocenters. The lowest BCUT2D eigenvalue weighted by atomic mass is 10.2. The van der Waals surface area contributed by atoms with Crippen molar-refractivity contribution in [1.29, 1.82) is 0 Å². The van der Waals surface area contributed by atoms with E-state index in [1.807, 2.05) is 0 Å². The molecule has 9 heteroatoms. The number of hydrogen-bond donors (Lipinski definition) is 1. The molecule has 0 radical (unpaired) electrons. The largest absolute Gasteiger partial charge is 0.573 e. The summed E-state index contributed by atoms with van der Waals surface area (Å²) in [7, 11) is 3.07. The van der Waals surface area contributed by atoms with E-state index < -0.39 is 6.36 Å². The number of carbonyl (C=O) groups is 1. The van der Waals surface area contributed by atoms with Crippen LogP contribution in [0.3, 0.4) is 0 Å². The van der Waals surface area contributed by atoms with Gasteiger partial charge in [-0.05, 0) is 6.07 Å². The molecule has 0 fully saturated rings. The zero-order valence-electron chi connectivity index (χ0n) is 12.9. The number of amides is 1. The highest BCUT2D eigenvalue weighted by atomic mass is 35.5. The summed E-state index contributed by atoms with van der Waals surface area (Å²) in [6, 6.07) is 5.74. The summed E-state index contributed by atoms with van der Waals surface area (Å²) in [5, 5.41) is 2.88. The number of rotatable bonds is 8. The SMILES string of the molecule is COCCNCC(=O)N(C)Cc1ccccc1OC(F)(F)F.Cl. The molecule has 132 valence electrons. The highest BCUT2D eigenvalue weighted by Gasteiger charge is 2.32. The van der Waals surface area contributed by atoms with Crippen LogP contribution in [-0.2, 0) is 16.1 Å². The van der Waals surface area contributed by atoms with Crippen molar-refractivity contribution in [2.45, 2.75) is 12.9 Å². The summed E-state index contributed by atoms with van der Waals surface area (Å²) >= 11 is 0. The Bertz CT molecular complexity index is 487. The highest BCUT2D eigenvalue weighted by Crippen LogP contribution is 2.26. The molecule has 0 aliphatic carbocycles. The molecule has 1 amide bonds. The van der Waals surface area contributed by atoms with Gasteiger partial charge in [-0.25, -0.2) is 0 Å². The van der Waals surface area contributed by atoms with Crippen molar-refractivity contribution in [3.05, 3.63) is 29.8 Å². The maximum absolute atomic E-state index is 12.3. The van der Waals surface area contributed by atoms with Gasteiger partial charge in [0, 0.05) is 32.8 Å². The Morgan fingerprint density at radius 3 is 2.57 bits per heavy atom. The standard InChI is InChI=1S/C14H19F3N2O3.ClH/c1-19(13(20)9-18-7-8-21-2)10-11-5-3-4-6-12(11)22-14(15,16)17;/h3-6,18H,7-10H2,1-2H3;1H. The monoisotopic (exact) mass is 356 g/mol. The lowest BCUT2D eigenvalue weighted by Gasteiger charge is -2.20. The summed E-state index contributed by atoms with van der Waals surface area (Å²) in [4.78, 5) is 13.2. The van der Waals surface area contributed by atoms with E-state index in [4.69, 9.17) is 4.74 Å². The molecule has 0 aliphatic rings. The molecule has 5 nitrogen and oxygen atoms in total. The molecule has 0 bridgehead atoms. The minimum absolute atomic E-state index is 0. The van der Waals surface area contributed by atoms with Crippen molar-refractivity contribution in [1.82, 2.24) is 10.2 Å². The van der Waals surface area contributed by atoms with Crippen molar-refractivity contribution >= 4 is 18.3 Å². The van der Waals surface area contributed by atoms with E-state index in [-0.39, 0.29) is 42.7 Å². The Balaban J connectivity index is 0.00000484. The zero-order chi connectivity index (χ0) is 16.6. The highest BCUT2D eigenvalue weighted by molar-refractivity contribution is 5.85. The van der Waals surface area contributed by atoms with Crippen molar-refractivity contribution < 1.29 is 27.4 Å². The maximum atomic E-state index is 12.3. The van der Waals surface area contributed by atoms with Crippen molar-refractivity contribution in [2.75, 3.05) is 33.9 Å². The number of para-hydroxylation sites is 1. The smallest absolute Gasteiger partial charge is 0.405 e. The molecule has 0 heterocycles. The molecule has 1 aromatic rings. The fourth-order valence-corrected chi connectivity index (χ4v) is 1.71. The fourth-order valence-electron chi connectivity index (χ4n) is 1.71. The third-order valence-corrected chi connectivity index (χ3v) is 2.79. The average Bonchev–Trinajstić information content (AvgIpc) is 2.44. The molecule has 0 aromatic heterocycles. The summed E-state index contributed by atoms with van der Waals surface area (Å²) in [5.74, 6) is -0.542. The van der Waals surface area contributed by atoms with E-state index in [1.165, 1.54) is 30.1 Å². The second-order valence-corrected chi connectivity index (χ2v) is 4.57. The Kier molecular flexibility index (Phi) is 9.62. The summed E-state index contributed by atoms with van der Waals surface area (Å²) in [5.41, 5.74) is 0.285. The predicted molar refractivity (Wildman–Crippen MR) is 81.6 cm³/mol. The number of alkyl halides is 3. The van der Waals surface area contributed by atoms with Gasteiger partial charge < -0.3 is 19.7 Å². The van der Waals surface area contributed by atoms with Crippen LogP contribution in [0.25, 0.3) is 0 Å². The second-order valence-electron chi connectivity index (χ2n) is 4.57. The van der Waals surface area contributed by atoms with Crippen LogP contribution < -0.4 is 10.1 Å². The van der Waals surface area contributed by atoms with Crippen molar-refractivity contribution in [3.8, 4) is 5.75 Å². The number of methoxy groups -OCH3 is 1. The normalized spacial score (nSPS) is 10.8. The molecule has 1 aromatic carbocycles. The molecule has 0 saturated carbocycles. The zero-order valence-corrected chi connectivity index (χ0v) is 13.7. The van der Waals surface area contributed by atoms with Crippen LogP contribution >= 0.6 is 12.4 Å². The van der Waals surface area contributed by atoms with Crippen LogP contribution in [0.5, 0.6) is 5.75 Å². The number of hydrogen-bond acceptors (Lipinski definition) is 4. The summed E-state index contributed by atoms with van der Waals surface area (Å²) in [6.07, 6.45) is -4.76. The maximum Gasteiger partial charge on any atom is 0.573 e. The summed E-state index contributed by atoms with van der Waals surface area (Å²) < 4.78 is 45.8. The molecular weight excluding hydrogens is 337 g/mol. The summed E-state index contributed by atoms with van der Waals surface area (Å²) in [6.45, 7) is 1.10. The Morgan fingerprint density at radius 1 is 1.30 bits per heavy atom. The number of nitrogens with zero attached hydrogens (tertiary/aromatic N) is 1. The van der Waals surface area contributed by atoms with Crippen LogP contribution in [-0.4, -0.2) is 51.0 Å². The average molecular weight is 357 g/mol. The van der Waals surface area contributed by atoms with Crippen LogP contribution in [0.2, 0.25) is 0 Å². The minimum atomic E-state index is -4.76. The molecule has 0 atom stereocenters. The van der Waals surface area contributed by atoms with Crippen LogP contribution in [0.15, 0.2) is 24.3 Å². The van der Waals surface area contributed by atoms with E-state index >= 15 is 0 Å². The Hall–Kier alpha value is -1.51.